The summed E-state index contributed by atoms with van der Waals surface area (Å²) in [6.07, 6.45) is 2.71. The van der Waals surface area contributed by atoms with Crippen LogP contribution in [0.15, 0.2) is 18.2 Å². The molecule has 1 aliphatic heterocycles. The smallest absolute Gasteiger partial charge is 0.133 e. The molecule has 1 aromatic rings. The lowest BCUT2D eigenvalue weighted by molar-refractivity contribution is -0.124. The van der Waals surface area contributed by atoms with Crippen LogP contribution in [0.4, 0.5) is 4.39 Å². The fourth-order valence-corrected chi connectivity index (χ4v) is 4.02. The number of carbonyl (C=O) groups excluding carboxylic acids is 1. The Morgan fingerprint density at radius 3 is 3.10 bits per heavy atom. The van der Waals surface area contributed by atoms with Gasteiger partial charge in [0.15, 0.2) is 0 Å². The Morgan fingerprint density at radius 2 is 2.33 bits per heavy atom. The van der Waals surface area contributed by atoms with E-state index < -0.39 is 0 Å². The zero-order valence-electron chi connectivity index (χ0n) is 12.4. The summed E-state index contributed by atoms with van der Waals surface area (Å²) in [4.78, 5) is 11.9. The lowest BCUT2D eigenvalue weighted by atomic mass is 9.66. The monoisotopic (exact) mass is 291 g/mol. The normalized spacial score (nSPS) is 29.7. The van der Waals surface area contributed by atoms with Crippen molar-refractivity contribution < 1.29 is 14.3 Å². The number of benzene rings is 1. The molecular formula is C17H22FNO2. The molecule has 1 heterocycles. The van der Waals surface area contributed by atoms with E-state index in [4.69, 9.17) is 0 Å². The quantitative estimate of drug-likeness (QED) is 0.899. The Labute approximate surface area is 124 Å². The lowest BCUT2D eigenvalue weighted by Crippen LogP contribution is -2.48. The number of halogens is 1. The number of Topliss-reactive ketones (excluding diaryl/α,β-unsaturated/α-hetero) is 1. The van der Waals surface area contributed by atoms with Crippen molar-refractivity contribution in [1.82, 2.24) is 5.32 Å². The molecular weight excluding hydrogens is 269 g/mol. The first-order valence-corrected chi connectivity index (χ1v) is 7.71. The first kappa shape index (κ1) is 14.7. The van der Waals surface area contributed by atoms with Crippen LogP contribution < -0.4 is 5.32 Å². The van der Waals surface area contributed by atoms with Gasteiger partial charge in [-0.3, -0.25) is 4.79 Å². The van der Waals surface area contributed by atoms with Crippen LogP contribution in [0.2, 0.25) is 0 Å². The third kappa shape index (κ3) is 2.51. The fourth-order valence-electron chi connectivity index (χ4n) is 4.02. The molecule has 2 aliphatic rings. The number of nitrogens with one attached hydrogen (secondary N) is 1. The number of aliphatic hydroxyl groups is 1. The van der Waals surface area contributed by atoms with Crippen molar-refractivity contribution in [2.45, 2.75) is 44.7 Å². The molecule has 3 rings (SSSR count). The Morgan fingerprint density at radius 1 is 1.52 bits per heavy atom. The van der Waals surface area contributed by atoms with Gasteiger partial charge in [-0.2, -0.15) is 0 Å². The van der Waals surface area contributed by atoms with E-state index in [-0.39, 0.29) is 29.8 Å². The van der Waals surface area contributed by atoms with Gasteiger partial charge in [-0.1, -0.05) is 13.0 Å². The van der Waals surface area contributed by atoms with Crippen LogP contribution in [-0.4, -0.2) is 17.5 Å². The van der Waals surface area contributed by atoms with E-state index in [0.29, 0.717) is 25.2 Å². The molecule has 1 aliphatic carbocycles. The number of carbonyl (C=O) groups is 1. The van der Waals surface area contributed by atoms with E-state index in [9.17, 15) is 14.3 Å². The van der Waals surface area contributed by atoms with Crippen molar-refractivity contribution in [3.63, 3.8) is 0 Å². The van der Waals surface area contributed by atoms with E-state index in [1.807, 2.05) is 13.0 Å². The summed E-state index contributed by atoms with van der Waals surface area (Å²) in [6, 6.07) is 4.98. The van der Waals surface area contributed by atoms with Gasteiger partial charge in [0.2, 0.25) is 0 Å². The standard InChI is InChI=1S/C17H22FNO2/c1-11(10-20)6-13-8-15(21)4-5-17(13)16-3-2-14(18)7-12(16)9-19-17/h2-3,7,11,13,19-20H,4-6,8-10H2,1H3/t11-,13?,17?/m1/s1. The minimum Gasteiger partial charge on any atom is -0.396 e. The Balaban J connectivity index is 1.97. The molecule has 0 bridgehead atoms. The summed E-state index contributed by atoms with van der Waals surface area (Å²) in [6.45, 7) is 2.80. The number of hydrogen-bond acceptors (Lipinski definition) is 3. The van der Waals surface area contributed by atoms with Crippen molar-refractivity contribution in [2.75, 3.05) is 6.61 Å². The van der Waals surface area contributed by atoms with Crippen molar-refractivity contribution >= 4 is 5.78 Å². The maximum absolute atomic E-state index is 13.4. The second-order valence-corrected chi connectivity index (χ2v) is 6.59. The molecule has 0 aromatic heterocycles. The Hall–Kier alpha value is -1.26. The van der Waals surface area contributed by atoms with Crippen molar-refractivity contribution in [3.05, 3.63) is 35.1 Å². The van der Waals surface area contributed by atoms with Gasteiger partial charge in [0.1, 0.15) is 11.6 Å². The molecule has 3 atom stereocenters. The molecule has 1 spiro atoms. The third-order valence-electron chi connectivity index (χ3n) is 5.11. The zero-order valence-corrected chi connectivity index (χ0v) is 12.4. The number of ketones is 1. The van der Waals surface area contributed by atoms with Crippen LogP contribution in [0.1, 0.15) is 43.7 Å². The highest BCUT2D eigenvalue weighted by atomic mass is 19.1. The molecule has 4 heteroatoms. The van der Waals surface area contributed by atoms with Crippen LogP contribution in [0.5, 0.6) is 0 Å². The minimum atomic E-state index is -0.222. The molecule has 2 unspecified atom stereocenters. The second-order valence-electron chi connectivity index (χ2n) is 6.59. The molecule has 0 amide bonds. The fraction of sp³-hybridized carbons (Fsp3) is 0.588. The predicted molar refractivity (Wildman–Crippen MR) is 78.1 cm³/mol. The first-order valence-electron chi connectivity index (χ1n) is 7.71. The topological polar surface area (TPSA) is 49.3 Å². The average molecular weight is 291 g/mol. The number of rotatable bonds is 3. The highest BCUT2D eigenvalue weighted by Gasteiger charge is 2.48. The predicted octanol–water partition coefficient (Wildman–Crippen LogP) is 2.51. The molecule has 2 N–H and O–H groups in total. The molecule has 21 heavy (non-hydrogen) atoms. The van der Waals surface area contributed by atoms with Gasteiger partial charge in [-0.15, -0.1) is 0 Å². The maximum Gasteiger partial charge on any atom is 0.133 e. The van der Waals surface area contributed by atoms with Crippen LogP contribution >= 0.6 is 0 Å². The SMILES string of the molecule is C[C@@H](CO)CC1CC(=O)CCC12NCc1cc(F)ccc12. The molecule has 0 saturated heterocycles. The summed E-state index contributed by atoms with van der Waals surface area (Å²) in [7, 11) is 0. The van der Waals surface area contributed by atoms with Crippen molar-refractivity contribution in [2.24, 2.45) is 11.8 Å². The van der Waals surface area contributed by atoms with Gasteiger partial charge in [-0.25, -0.2) is 4.39 Å². The third-order valence-corrected chi connectivity index (χ3v) is 5.11. The average Bonchev–Trinajstić information content (AvgIpc) is 2.82. The Kier molecular flexibility index (Phi) is 3.84. The van der Waals surface area contributed by atoms with Crippen molar-refractivity contribution in [3.8, 4) is 0 Å². The van der Waals surface area contributed by atoms with E-state index >= 15 is 0 Å². The Bertz CT molecular complexity index is 560. The largest absolute Gasteiger partial charge is 0.396 e. The number of aliphatic hydroxyl groups excluding tert-OH is 1. The molecule has 1 aromatic carbocycles. The van der Waals surface area contributed by atoms with Gasteiger partial charge in [-0.05, 0) is 47.9 Å². The van der Waals surface area contributed by atoms with Crippen LogP contribution in [0, 0.1) is 17.7 Å². The van der Waals surface area contributed by atoms with Crippen molar-refractivity contribution in [1.29, 1.82) is 0 Å². The van der Waals surface area contributed by atoms with Gasteiger partial charge < -0.3 is 10.4 Å². The van der Waals surface area contributed by atoms with E-state index in [1.165, 1.54) is 6.07 Å². The zero-order chi connectivity index (χ0) is 15.0. The summed E-state index contributed by atoms with van der Waals surface area (Å²) >= 11 is 0. The van der Waals surface area contributed by atoms with Gasteiger partial charge in [0, 0.05) is 31.5 Å². The molecule has 0 radical (unpaired) electrons. The highest BCUT2D eigenvalue weighted by Crippen LogP contribution is 2.47. The summed E-state index contributed by atoms with van der Waals surface area (Å²) in [5, 5.41) is 12.9. The summed E-state index contributed by atoms with van der Waals surface area (Å²) < 4.78 is 13.4. The van der Waals surface area contributed by atoms with Crippen LogP contribution in [0.25, 0.3) is 0 Å². The maximum atomic E-state index is 13.4. The van der Waals surface area contributed by atoms with E-state index in [1.54, 1.807) is 6.07 Å². The summed E-state index contributed by atoms with van der Waals surface area (Å²) in [5.41, 5.74) is 1.93. The lowest BCUT2D eigenvalue weighted by Gasteiger charge is -2.43. The number of fused-ring (bicyclic) bond motifs is 2. The highest BCUT2D eigenvalue weighted by molar-refractivity contribution is 5.80. The van der Waals surface area contributed by atoms with Gasteiger partial charge in [0.25, 0.3) is 0 Å². The van der Waals surface area contributed by atoms with Crippen LogP contribution in [-0.2, 0) is 16.9 Å². The second kappa shape index (κ2) is 5.50. The molecule has 1 fully saturated rings. The number of hydrogen-bond donors (Lipinski definition) is 2. The van der Waals surface area contributed by atoms with E-state index in [0.717, 1.165) is 24.0 Å². The first-order chi connectivity index (χ1) is 10.0. The molecule has 114 valence electrons. The molecule has 3 nitrogen and oxygen atoms in total. The summed E-state index contributed by atoms with van der Waals surface area (Å²) in [5.74, 6) is 0.435. The van der Waals surface area contributed by atoms with Gasteiger partial charge in [0.05, 0.1) is 0 Å². The minimum absolute atomic E-state index is 0.136. The van der Waals surface area contributed by atoms with E-state index in [2.05, 4.69) is 5.32 Å². The molecule has 1 saturated carbocycles. The van der Waals surface area contributed by atoms with Crippen LogP contribution in [0.3, 0.4) is 0 Å². The van der Waals surface area contributed by atoms with Gasteiger partial charge >= 0.3 is 0 Å².